The Balaban J connectivity index is 1.93. The van der Waals surface area contributed by atoms with E-state index in [9.17, 15) is 0 Å². The van der Waals surface area contributed by atoms with Crippen LogP contribution >= 0.6 is 11.6 Å². The van der Waals surface area contributed by atoms with Crippen LogP contribution in [0, 0.1) is 0 Å². The molecule has 21 heavy (non-hydrogen) atoms. The molecule has 0 bridgehead atoms. The molecule has 2 rings (SSSR count). The molecule has 0 saturated heterocycles. The predicted octanol–water partition coefficient (Wildman–Crippen LogP) is 3.48. The highest BCUT2D eigenvalue weighted by Gasteiger charge is 2.02. The summed E-state index contributed by atoms with van der Waals surface area (Å²) in [4.78, 5) is 0. The lowest BCUT2D eigenvalue weighted by Crippen LogP contribution is -2.05. The minimum Gasteiger partial charge on any atom is -0.493 e. The van der Waals surface area contributed by atoms with E-state index < -0.39 is 0 Å². The Kier molecular flexibility index (Phi) is 5.46. The van der Waals surface area contributed by atoms with Crippen LogP contribution in [0.25, 0.3) is 0 Å². The molecule has 0 fully saturated rings. The largest absolute Gasteiger partial charge is 0.493 e. The monoisotopic (exact) mass is 304 g/mol. The molecule has 0 saturated carbocycles. The number of hydrogen-bond donors (Lipinski definition) is 1. The van der Waals surface area contributed by atoms with E-state index in [4.69, 9.17) is 21.1 Å². The van der Waals surface area contributed by atoms with Gasteiger partial charge in [0, 0.05) is 5.02 Å². The van der Waals surface area contributed by atoms with Gasteiger partial charge >= 0.3 is 0 Å². The third-order valence-electron chi connectivity index (χ3n) is 2.91. The minimum absolute atomic E-state index is 0.640. The van der Waals surface area contributed by atoms with Gasteiger partial charge < -0.3 is 14.9 Å². The van der Waals surface area contributed by atoms with Gasteiger partial charge in [0.15, 0.2) is 11.5 Å². The zero-order valence-corrected chi connectivity index (χ0v) is 12.7. The van der Waals surface area contributed by atoms with Crippen LogP contribution in [-0.2, 0) is 6.54 Å². The highest BCUT2D eigenvalue weighted by Crippen LogP contribution is 2.26. The maximum absolute atomic E-state index is 5.83. The Hall–Kier alpha value is -2.20. The standard InChI is InChI=1S/C16H17ClN2O2/c1-20-15-8-5-13(9-16(15)21-2)11-19-18-10-12-3-6-14(17)7-4-12/h3-9,11,18H,10H2,1-2H3/b19-11-. The second-order valence-corrected chi connectivity index (χ2v) is 4.77. The lowest BCUT2D eigenvalue weighted by Gasteiger charge is -2.07. The van der Waals surface area contributed by atoms with Gasteiger partial charge in [-0.05, 0) is 41.5 Å². The SMILES string of the molecule is COc1ccc(/C=N\NCc2ccc(Cl)cc2)cc1OC. The maximum atomic E-state index is 5.83. The molecule has 0 radical (unpaired) electrons. The molecule has 5 heteroatoms. The predicted molar refractivity (Wildman–Crippen MR) is 85.4 cm³/mol. The second-order valence-electron chi connectivity index (χ2n) is 4.33. The number of rotatable bonds is 6. The number of nitrogens with one attached hydrogen (secondary N) is 1. The summed E-state index contributed by atoms with van der Waals surface area (Å²) in [6.07, 6.45) is 1.73. The van der Waals surface area contributed by atoms with E-state index in [1.165, 1.54) is 0 Å². The lowest BCUT2D eigenvalue weighted by atomic mass is 10.2. The summed E-state index contributed by atoms with van der Waals surface area (Å²) in [7, 11) is 3.22. The van der Waals surface area contributed by atoms with Crippen LogP contribution in [0.3, 0.4) is 0 Å². The molecular weight excluding hydrogens is 288 g/mol. The van der Waals surface area contributed by atoms with E-state index in [1.54, 1.807) is 20.4 Å². The number of hydrazone groups is 1. The number of nitrogens with zero attached hydrogens (tertiary/aromatic N) is 1. The van der Waals surface area contributed by atoms with E-state index in [-0.39, 0.29) is 0 Å². The highest BCUT2D eigenvalue weighted by molar-refractivity contribution is 6.30. The van der Waals surface area contributed by atoms with Crippen LogP contribution in [0.5, 0.6) is 11.5 Å². The van der Waals surface area contributed by atoms with E-state index in [0.717, 1.165) is 16.1 Å². The third kappa shape index (κ3) is 4.39. The molecule has 0 aromatic heterocycles. The number of methoxy groups -OCH3 is 2. The summed E-state index contributed by atoms with van der Waals surface area (Å²) in [5.41, 5.74) is 5.03. The molecular formula is C16H17ClN2O2. The summed E-state index contributed by atoms with van der Waals surface area (Å²) in [5, 5.41) is 4.92. The summed E-state index contributed by atoms with van der Waals surface area (Å²) in [5.74, 6) is 1.38. The van der Waals surface area contributed by atoms with Crippen molar-refractivity contribution in [2.75, 3.05) is 14.2 Å². The van der Waals surface area contributed by atoms with Crippen molar-refractivity contribution < 1.29 is 9.47 Å². The van der Waals surface area contributed by atoms with Gasteiger partial charge in [0.25, 0.3) is 0 Å². The van der Waals surface area contributed by atoms with Crippen molar-refractivity contribution in [2.24, 2.45) is 5.10 Å². The number of benzene rings is 2. The van der Waals surface area contributed by atoms with Crippen molar-refractivity contribution in [3.63, 3.8) is 0 Å². The first kappa shape index (κ1) is 15.2. The van der Waals surface area contributed by atoms with Crippen LogP contribution in [0.15, 0.2) is 47.6 Å². The van der Waals surface area contributed by atoms with Crippen molar-refractivity contribution in [1.82, 2.24) is 5.43 Å². The van der Waals surface area contributed by atoms with E-state index in [1.807, 2.05) is 42.5 Å². The van der Waals surface area contributed by atoms with Crippen LogP contribution in [-0.4, -0.2) is 20.4 Å². The number of halogens is 1. The molecule has 2 aromatic rings. The van der Waals surface area contributed by atoms with Crippen molar-refractivity contribution >= 4 is 17.8 Å². The molecule has 4 nitrogen and oxygen atoms in total. The zero-order valence-electron chi connectivity index (χ0n) is 12.0. The van der Waals surface area contributed by atoms with Gasteiger partial charge in [-0.15, -0.1) is 0 Å². The van der Waals surface area contributed by atoms with Crippen molar-refractivity contribution in [2.45, 2.75) is 6.54 Å². The summed E-state index contributed by atoms with van der Waals surface area (Å²) in [6.45, 7) is 0.640. The molecule has 110 valence electrons. The first-order valence-corrected chi connectivity index (χ1v) is 6.83. The van der Waals surface area contributed by atoms with Crippen molar-refractivity contribution in [3.05, 3.63) is 58.6 Å². The van der Waals surface area contributed by atoms with E-state index >= 15 is 0 Å². The minimum atomic E-state index is 0.640. The molecule has 0 atom stereocenters. The van der Waals surface area contributed by atoms with Crippen LogP contribution in [0.1, 0.15) is 11.1 Å². The van der Waals surface area contributed by atoms with Gasteiger partial charge in [-0.2, -0.15) is 5.10 Å². The molecule has 0 aliphatic heterocycles. The van der Waals surface area contributed by atoms with Gasteiger partial charge in [-0.1, -0.05) is 23.7 Å². The second kappa shape index (κ2) is 7.55. The fourth-order valence-corrected chi connectivity index (χ4v) is 1.92. The molecule has 0 aliphatic rings. The molecule has 0 unspecified atom stereocenters. The van der Waals surface area contributed by atoms with Crippen molar-refractivity contribution in [1.29, 1.82) is 0 Å². The third-order valence-corrected chi connectivity index (χ3v) is 3.16. The Morgan fingerprint density at radius 1 is 1.05 bits per heavy atom. The molecule has 0 heterocycles. The van der Waals surface area contributed by atoms with Crippen LogP contribution in [0.4, 0.5) is 0 Å². The highest BCUT2D eigenvalue weighted by atomic mass is 35.5. The van der Waals surface area contributed by atoms with Gasteiger partial charge in [0.1, 0.15) is 0 Å². The molecule has 2 aromatic carbocycles. The van der Waals surface area contributed by atoms with E-state index in [0.29, 0.717) is 18.0 Å². The Morgan fingerprint density at radius 2 is 1.76 bits per heavy atom. The first-order valence-electron chi connectivity index (χ1n) is 6.45. The quantitative estimate of drug-likeness (QED) is 0.656. The number of ether oxygens (including phenoxy) is 2. The lowest BCUT2D eigenvalue weighted by molar-refractivity contribution is 0.355. The Bertz CT molecular complexity index is 612. The summed E-state index contributed by atoms with van der Waals surface area (Å²) < 4.78 is 10.4. The average Bonchev–Trinajstić information content (AvgIpc) is 2.53. The molecule has 1 N–H and O–H groups in total. The average molecular weight is 305 g/mol. The fourth-order valence-electron chi connectivity index (χ4n) is 1.79. The van der Waals surface area contributed by atoms with Gasteiger partial charge in [0.05, 0.1) is 27.0 Å². The fraction of sp³-hybridized carbons (Fsp3) is 0.188. The Labute approximate surface area is 129 Å². The molecule has 0 amide bonds. The molecule has 0 aliphatic carbocycles. The van der Waals surface area contributed by atoms with Gasteiger partial charge in [-0.25, -0.2) is 0 Å². The van der Waals surface area contributed by atoms with Crippen LogP contribution < -0.4 is 14.9 Å². The number of hydrogen-bond acceptors (Lipinski definition) is 4. The van der Waals surface area contributed by atoms with Gasteiger partial charge in [0.2, 0.25) is 0 Å². The smallest absolute Gasteiger partial charge is 0.161 e. The van der Waals surface area contributed by atoms with Crippen LogP contribution in [0.2, 0.25) is 5.02 Å². The summed E-state index contributed by atoms with van der Waals surface area (Å²) in [6, 6.07) is 13.3. The first-order chi connectivity index (χ1) is 10.2. The Morgan fingerprint density at radius 3 is 2.43 bits per heavy atom. The maximum Gasteiger partial charge on any atom is 0.161 e. The topological polar surface area (TPSA) is 42.8 Å². The van der Waals surface area contributed by atoms with Crippen molar-refractivity contribution in [3.8, 4) is 11.5 Å². The zero-order chi connectivity index (χ0) is 15.1. The van der Waals surface area contributed by atoms with E-state index in [2.05, 4.69) is 10.5 Å². The molecule has 0 spiro atoms. The van der Waals surface area contributed by atoms with Gasteiger partial charge in [-0.3, -0.25) is 0 Å². The normalized spacial score (nSPS) is 10.6. The summed E-state index contributed by atoms with van der Waals surface area (Å²) >= 11 is 5.83.